The average molecular weight is 167 g/mol. The molecule has 0 aromatic rings. The number of hydrogen-bond donors (Lipinski definition) is 0. The summed E-state index contributed by atoms with van der Waals surface area (Å²) >= 11 is 3.24. The van der Waals surface area contributed by atoms with Crippen molar-refractivity contribution in [2.24, 2.45) is 0 Å². The molecule has 0 heterocycles. The molecule has 0 rings (SSSR count). The van der Waals surface area contributed by atoms with Gasteiger partial charge in [-0.25, -0.2) is 0 Å². The quantitative estimate of drug-likeness (QED) is 0.433. The monoisotopic (exact) mass is 167 g/mol. The maximum atomic E-state index is 8.89. The van der Waals surface area contributed by atoms with Crippen molar-refractivity contribution in [3.63, 3.8) is 0 Å². The second-order valence-corrected chi connectivity index (χ2v) is 2.45. The number of rotatable bonds is 0. The summed E-state index contributed by atoms with van der Waals surface area (Å²) in [4.78, 5) is 0. The zero-order valence-electron chi connectivity index (χ0n) is 2.42. The zero-order chi connectivity index (χ0) is 4.50. The van der Waals surface area contributed by atoms with Gasteiger partial charge in [0.1, 0.15) is 0 Å². The van der Waals surface area contributed by atoms with E-state index in [4.69, 9.17) is 13.3 Å². The van der Waals surface area contributed by atoms with Crippen LogP contribution < -0.4 is 0 Å². The first-order valence-electron chi connectivity index (χ1n) is 0.667. The largest absolute Gasteiger partial charge is 2.00 e. The Morgan fingerprint density at radius 2 is 1.50 bits per heavy atom. The van der Waals surface area contributed by atoms with E-state index in [-0.39, 0.29) is 17.1 Å². The van der Waals surface area contributed by atoms with Crippen LogP contribution in [0.4, 0.5) is 0 Å². The van der Waals surface area contributed by atoms with Crippen molar-refractivity contribution in [2.45, 2.75) is 0 Å². The van der Waals surface area contributed by atoms with Gasteiger partial charge in [0.25, 0.3) is 0 Å². The molecule has 0 unspecified atom stereocenters. The molecule has 0 N–H and O–H groups in total. The summed E-state index contributed by atoms with van der Waals surface area (Å²) in [6.45, 7) is 0. The van der Waals surface area contributed by atoms with Crippen molar-refractivity contribution in [3.05, 3.63) is 0 Å². The Bertz CT molecular complexity index is 92.0. The molecule has 1 radical (unpaired) electrons. The molecule has 6 heavy (non-hydrogen) atoms. The third-order valence-corrected chi connectivity index (χ3v) is 0. The first kappa shape index (κ1) is 9.94. The third kappa shape index (κ3) is 107. The van der Waals surface area contributed by atoms with Gasteiger partial charge in [0.2, 0.25) is 0 Å². The summed E-state index contributed by atoms with van der Waals surface area (Å²) in [6, 6.07) is 0. The minimum absolute atomic E-state index is 0. The van der Waals surface area contributed by atoms with Gasteiger partial charge in [0.15, 0.2) is 0 Å². The van der Waals surface area contributed by atoms with Gasteiger partial charge in [0.05, 0.1) is 0 Å². The second kappa shape index (κ2) is 2.90. The first-order valence-corrected chi connectivity index (χ1v) is 3.00. The Morgan fingerprint density at radius 1 is 1.50 bits per heavy atom. The summed E-state index contributed by atoms with van der Waals surface area (Å²) in [5.74, 6) is 0. The molecule has 0 bridgehead atoms. The molecule has 0 aromatic carbocycles. The first-order chi connectivity index (χ1) is 2.00. The maximum Gasteiger partial charge on any atom is 2.00 e. The Hall–Kier alpha value is 0.809. The van der Waals surface area contributed by atoms with Gasteiger partial charge in [-0.3, -0.25) is 4.21 Å². The second-order valence-electron chi connectivity index (χ2n) is 0.408. The van der Waals surface area contributed by atoms with E-state index >= 15 is 0 Å². The molecule has 0 saturated heterocycles. The summed E-state index contributed by atoms with van der Waals surface area (Å²) in [6.07, 6.45) is 0. The minimum Gasteiger partial charge on any atom is -0.780 e. The van der Waals surface area contributed by atoms with Gasteiger partial charge in [-0.15, -0.1) is 9.05 Å². The van der Waals surface area contributed by atoms with Crippen LogP contribution in [0.5, 0.6) is 0 Å². The molecular weight excluding hydrogens is 167 g/mol. The van der Waals surface area contributed by atoms with E-state index in [1.165, 1.54) is 0 Å². The van der Waals surface area contributed by atoms with E-state index in [2.05, 4.69) is 11.2 Å². The fourth-order valence-corrected chi connectivity index (χ4v) is 0. The van der Waals surface area contributed by atoms with E-state index in [0.717, 1.165) is 0 Å². The van der Waals surface area contributed by atoms with Crippen LogP contribution in [0.2, 0.25) is 0 Å². The van der Waals surface area contributed by atoms with Crippen LogP contribution in [0.1, 0.15) is 0 Å². The van der Waals surface area contributed by atoms with Crippen LogP contribution in [0.25, 0.3) is 0 Å². The molecule has 0 aliphatic rings. The van der Waals surface area contributed by atoms with Gasteiger partial charge < -0.3 is 9.11 Å². The fraction of sp³-hybridized carbons (Fsp3) is 0. The minimum atomic E-state index is -4.33. The Morgan fingerprint density at radius 3 is 1.50 bits per heavy atom. The van der Waals surface area contributed by atoms with E-state index in [9.17, 15) is 0 Å². The van der Waals surface area contributed by atoms with Crippen LogP contribution >= 0.6 is 0 Å². The molecule has 0 aliphatic heterocycles. The van der Waals surface area contributed by atoms with E-state index in [1.807, 2.05) is 0 Å². The van der Waals surface area contributed by atoms with Crippen molar-refractivity contribution in [3.8, 4) is 0 Å². The smallest absolute Gasteiger partial charge is 0.780 e. The Labute approximate surface area is 50.9 Å². The summed E-state index contributed by atoms with van der Waals surface area (Å²) < 4.78 is 26.7. The molecule has 0 amide bonds. The molecule has 0 aliphatic carbocycles. The van der Waals surface area contributed by atoms with Gasteiger partial charge >= 0.3 is 17.1 Å². The van der Waals surface area contributed by atoms with Crippen LogP contribution in [-0.4, -0.2) is 13.3 Å². The SMILES string of the molecule is O=S([O-])([O-])=S.[Mn+2]. The normalized spacial score (nSPS) is 9.67. The summed E-state index contributed by atoms with van der Waals surface area (Å²) in [7, 11) is -4.33. The van der Waals surface area contributed by atoms with Crippen LogP contribution in [0.3, 0.4) is 0 Å². The van der Waals surface area contributed by atoms with Crippen molar-refractivity contribution in [2.75, 3.05) is 0 Å². The van der Waals surface area contributed by atoms with Crippen molar-refractivity contribution in [1.29, 1.82) is 0 Å². The zero-order valence-corrected chi connectivity index (χ0v) is 5.23. The predicted molar refractivity (Wildman–Crippen MR) is 17.1 cm³/mol. The molecule has 0 saturated carbocycles. The molecule has 0 atom stereocenters. The molecule has 0 spiro atoms. The topological polar surface area (TPSA) is 63.2 Å². The molecule has 3 nitrogen and oxygen atoms in total. The molecule has 6 heteroatoms. The predicted octanol–water partition coefficient (Wildman–Crippen LogP) is -1.01. The Kier molecular flexibility index (Phi) is 4.80. The van der Waals surface area contributed by atoms with Crippen molar-refractivity contribution in [1.82, 2.24) is 0 Å². The van der Waals surface area contributed by atoms with E-state index < -0.39 is 9.05 Å². The molecule has 0 aromatic heterocycles. The number of hydrogen-bond acceptors (Lipinski definition) is 4. The van der Waals surface area contributed by atoms with Crippen LogP contribution in [-0.2, 0) is 37.3 Å². The molecular formula is MnO3S2. The van der Waals surface area contributed by atoms with E-state index in [0.29, 0.717) is 0 Å². The third-order valence-electron chi connectivity index (χ3n) is 0. The van der Waals surface area contributed by atoms with Gasteiger partial charge in [-0.2, -0.15) is 0 Å². The standard InChI is InChI=1S/Mn.H2O3S2/c;1-5(2,3)4/h;(H2,1,2,3,4)/q+2;/p-2. The van der Waals surface area contributed by atoms with E-state index in [1.54, 1.807) is 0 Å². The van der Waals surface area contributed by atoms with Crippen molar-refractivity contribution < 1.29 is 30.4 Å². The molecule has 37 valence electrons. The van der Waals surface area contributed by atoms with Gasteiger partial charge in [0, 0.05) is 0 Å². The van der Waals surface area contributed by atoms with Crippen LogP contribution in [0, 0.1) is 0 Å². The van der Waals surface area contributed by atoms with Gasteiger partial charge in [-0.05, 0) is 11.2 Å². The Balaban J connectivity index is 0. The average Bonchev–Trinajstić information content (AvgIpc) is 0.722. The van der Waals surface area contributed by atoms with Crippen molar-refractivity contribution >= 4 is 20.2 Å². The maximum absolute atomic E-state index is 8.89. The summed E-state index contributed by atoms with van der Waals surface area (Å²) in [5.41, 5.74) is 0. The summed E-state index contributed by atoms with van der Waals surface area (Å²) in [5, 5.41) is 0. The van der Waals surface area contributed by atoms with Gasteiger partial charge in [-0.1, -0.05) is 0 Å². The fourth-order valence-electron chi connectivity index (χ4n) is 0. The van der Waals surface area contributed by atoms with Crippen LogP contribution in [0.15, 0.2) is 0 Å². The molecule has 0 fully saturated rings.